The van der Waals surface area contributed by atoms with Gasteiger partial charge in [-0.05, 0) is 61.7 Å². The quantitative estimate of drug-likeness (QED) is 0.639. The van der Waals surface area contributed by atoms with Crippen molar-refractivity contribution in [1.29, 1.82) is 0 Å². The lowest BCUT2D eigenvalue weighted by Crippen LogP contribution is -2.47. The van der Waals surface area contributed by atoms with Gasteiger partial charge in [0.1, 0.15) is 5.82 Å². The fraction of sp³-hybridized carbons (Fsp3) is 0.333. The molecule has 2 aromatic rings. The number of piperidine rings is 1. The highest BCUT2D eigenvalue weighted by Gasteiger charge is 2.37. The molecule has 27 heavy (non-hydrogen) atoms. The minimum absolute atomic E-state index is 0.275. The van der Waals surface area contributed by atoms with E-state index >= 15 is 0 Å². The summed E-state index contributed by atoms with van der Waals surface area (Å²) in [7, 11) is 0. The Morgan fingerprint density at radius 2 is 1.63 bits per heavy atom. The maximum Gasteiger partial charge on any atom is 0.233 e. The van der Waals surface area contributed by atoms with E-state index in [-0.39, 0.29) is 11.7 Å². The SMILES string of the molecule is CC(C(=O)c1ccc(F)cc1)C(=O)N1CCC(O)(c2ccc(Cl)cc2)CC1. The summed E-state index contributed by atoms with van der Waals surface area (Å²) < 4.78 is 13.0. The molecule has 1 saturated heterocycles. The van der Waals surface area contributed by atoms with E-state index in [0.29, 0.717) is 36.5 Å². The fourth-order valence-electron chi connectivity index (χ4n) is 3.40. The zero-order valence-corrected chi connectivity index (χ0v) is 15.7. The molecule has 4 nitrogen and oxygen atoms in total. The van der Waals surface area contributed by atoms with E-state index in [4.69, 9.17) is 11.6 Å². The third kappa shape index (κ3) is 4.20. The molecule has 1 fully saturated rings. The van der Waals surface area contributed by atoms with E-state index in [1.807, 2.05) is 0 Å². The van der Waals surface area contributed by atoms with Gasteiger partial charge in [-0.15, -0.1) is 0 Å². The van der Waals surface area contributed by atoms with Crippen molar-refractivity contribution in [3.63, 3.8) is 0 Å². The summed E-state index contributed by atoms with van der Waals surface area (Å²) >= 11 is 5.90. The summed E-state index contributed by atoms with van der Waals surface area (Å²) in [5, 5.41) is 11.5. The van der Waals surface area contributed by atoms with E-state index in [1.54, 1.807) is 36.1 Å². The van der Waals surface area contributed by atoms with Gasteiger partial charge in [-0.1, -0.05) is 23.7 Å². The number of carbonyl (C=O) groups excluding carboxylic acids is 2. The molecular formula is C21H21ClFNO3. The summed E-state index contributed by atoms with van der Waals surface area (Å²) in [5.41, 5.74) is 0.0762. The topological polar surface area (TPSA) is 57.6 Å². The number of hydrogen-bond acceptors (Lipinski definition) is 3. The second kappa shape index (κ2) is 7.79. The molecule has 1 aliphatic heterocycles. The molecule has 0 bridgehead atoms. The van der Waals surface area contributed by atoms with Crippen molar-refractivity contribution in [2.24, 2.45) is 5.92 Å². The first-order chi connectivity index (χ1) is 12.8. The monoisotopic (exact) mass is 389 g/mol. The molecular weight excluding hydrogens is 369 g/mol. The first-order valence-electron chi connectivity index (χ1n) is 8.87. The molecule has 1 aliphatic rings. The molecule has 1 N–H and O–H groups in total. The van der Waals surface area contributed by atoms with Gasteiger partial charge >= 0.3 is 0 Å². The number of likely N-dealkylation sites (tertiary alicyclic amines) is 1. The summed E-state index contributed by atoms with van der Waals surface area (Å²) in [6, 6.07) is 12.2. The van der Waals surface area contributed by atoms with Crippen LogP contribution in [-0.2, 0) is 10.4 Å². The lowest BCUT2D eigenvalue weighted by molar-refractivity contribution is -0.138. The molecule has 0 aromatic heterocycles. The number of aliphatic hydroxyl groups is 1. The minimum atomic E-state index is -1.01. The van der Waals surface area contributed by atoms with Gasteiger partial charge in [0.05, 0.1) is 11.5 Å². The van der Waals surface area contributed by atoms with Crippen molar-refractivity contribution >= 4 is 23.3 Å². The van der Waals surface area contributed by atoms with Crippen LogP contribution in [0.1, 0.15) is 35.7 Å². The molecule has 142 valence electrons. The first-order valence-corrected chi connectivity index (χ1v) is 9.25. The van der Waals surface area contributed by atoms with Gasteiger partial charge < -0.3 is 10.0 Å². The average molecular weight is 390 g/mol. The van der Waals surface area contributed by atoms with Crippen molar-refractivity contribution in [1.82, 2.24) is 4.90 Å². The van der Waals surface area contributed by atoms with Crippen LogP contribution in [0.25, 0.3) is 0 Å². The number of halogens is 2. The Balaban J connectivity index is 1.64. The molecule has 0 spiro atoms. The number of Topliss-reactive ketones (excluding diaryl/α,β-unsaturated/α-hetero) is 1. The predicted molar refractivity (Wildman–Crippen MR) is 101 cm³/mol. The summed E-state index contributed by atoms with van der Waals surface area (Å²) in [4.78, 5) is 26.8. The van der Waals surface area contributed by atoms with E-state index < -0.39 is 17.3 Å². The van der Waals surface area contributed by atoms with Crippen molar-refractivity contribution in [2.45, 2.75) is 25.4 Å². The van der Waals surface area contributed by atoms with E-state index in [0.717, 1.165) is 5.56 Å². The van der Waals surface area contributed by atoms with Crippen molar-refractivity contribution in [2.75, 3.05) is 13.1 Å². The summed E-state index contributed by atoms with van der Waals surface area (Å²) in [6.45, 7) is 2.28. The van der Waals surface area contributed by atoms with Crippen LogP contribution in [0, 0.1) is 11.7 Å². The highest BCUT2D eigenvalue weighted by Crippen LogP contribution is 2.34. The van der Waals surface area contributed by atoms with Crippen molar-refractivity contribution in [3.05, 3.63) is 70.5 Å². The molecule has 6 heteroatoms. The van der Waals surface area contributed by atoms with E-state index in [2.05, 4.69) is 0 Å². The summed E-state index contributed by atoms with van der Waals surface area (Å²) in [5.74, 6) is -1.89. The maximum atomic E-state index is 13.0. The number of carbonyl (C=O) groups is 2. The highest BCUT2D eigenvalue weighted by atomic mass is 35.5. The molecule has 0 saturated carbocycles. The van der Waals surface area contributed by atoms with Gasteiger partial charge in [-0.3, -0.25) is 9.59 Å². The van der Waals surface area contributed by atoms with Crippen LogP contribution in [0.15, 0.2) is 48.5 Å². The van der Waals surface area contributed by atoms with Crippen LogP contribution in [0.5, 0.6) is 0 Å². The maximum absolute atomic E-state index is 13.0. The Hall–Kier alpha value is -2.24. The minimum Gasteiger partial charge on any atom is -0.385 e. The number of benzene rings is 2. The van der Waals surface area contributed by atoms with E-state index in [1.165, 1.54) is 24.3 Å². The van der Waals surface area contributed by atoms with Crippen LogP contribution < -0.4 is 0 Å². The standard InChI is InChI=1S/C21H21ClFNO3/c1-14(19(25)15-2-8-18(23)9-3-15)20(26)24-12-10-21(27,11-13-24)16-4-6-17(22)7-5-16/h2-9,14,27H,10-13H2,1H3. The van der Waals surface area contributed by atoms with Gasteiger partial charge in [0.15, 0.2) is 5.78 Å². The van der Waals surface area contributed by atoms with Gasteiger partial charge in [0, 0.05) is 23.7 Å². The fourth-order valence-corrected chi connectivity index (χ4v) is 3.52. The van der Waals surface area contributed by atoms with E-state index in [9.17, 15) is 19.1 Å². The molecule has 1 heterocycles. The number of hydrogen-bond donors (Lipinski definition) is 1. The Morgan fingerprint density at radius 1 is 1.07 bits per heavy atom. The molecule has 3 rings (SSSR count). The van der Waals surface area contributed by atoms with Crippen LogP contribution in [0.4, 0.5) is 4.39 Å². The lowest BCUT2D eigenvalue weighted by atomic mass is 9.84. The van der Waals surface area contributed by atoms with Crippen LogP contribution in [0.3, 0.4) is 0 Å². The Kier molecular flexibility index (Phi) is 5.63. The molecule has 0 aliphatic carbocycles. The lowest BCUT2D eigenvalue weighted by Gasteiger charge is -2.39. The molecule has 1 unspecified atom stereocenters. The largest absolute Gasteiger partial charge is 0.385 e. The van der Waals surface area contributed by atoms with Crippen LogP contribution in [0.2, 0.25) is 5.02 Å². The Labute approximate surface area is 162 Å². The van der Waals surface area contributed by atoms with Crippen molar-refractivity contribution < 1.29 is 19.1 Å². The van der Waals surface area contributed by atoms with Crippen molar-refractivity contribution in [3.8, 4) is 0 Å². The van der Waals surface area contributed by atoms with Gasteiger partial charge in [-0.2, -0.15) is 0 Å². The zero-order chi connectivity index (χ0) is 19.6. The zero-order valence-electron chi connectivity index (χ0n) is 15.0. The third-order valence-electron chi connectivity index (χ3n) is 5.18. The Morgan fingerprint density at radius 3 is 2.19 bits per heavy atom. The third-order valence-corrected chi connectivity index (χ3v) is 5.43. The number of rotatable bonds is 4. The highest BCUT2D eigenvalue weighted by molar-refractivity contribution is 6.30. The average Bonchev–Trinajstić information content (AvgIpc) is 2.68. The van der Waals surface area contributed by atoms with Crippen LogP contribution >= 0.6 is 11.6 Å². The van der Waals surface area contributed by atoms with Crippen LogP contribution in [-0.4, -0.2) is 34.8 Å². The van der Waals surface area contributed by atoms with Gasteiger partial charge in [0.2, 0.25) is 5.91 Å². The molecule has 2 aromatic carbocycles. The number of nitrogens with zero attached hydrogens (tertiary/aromatic N) is 1. The second-order valence-corrected chi connectivity index (χ2v) is 7.39. The van der Waals surface area contributed by atoms with Gasteiger partial charge in [0.25, 0.3) is 0 Å². The predicted octanol–water partition coefficient (Wildman–Crippen LogP) is 3.81. The molecule has 0 radical (unpaired) electrons. The summed E-state index contributed by atoms with van der Waals surface area (Å²) in [6.07, 6.45) is 0.773. The van der Waals surface area contributed by atoms with Gasteiger partial charge in [-0.25, -0.2) is 4.39 Å². The normalized spacial score (nSPS) is 17.4. The smallest absolute Gasteiger partial charge is 0.233 e. The molecule has 1 amide bonds. The number of ketones is 1. The first kappa shape index (κ1) is 19.5. The molecule has 1 atom stereocenters. The second-order valence-electron chi connectivity index (χ2n) is 6.96. The number of amides is 1. The Bertz CT molecular complexity index is 828.